The van der Waals surface area contributed by atoms with Gasteiger partial charge < -0.3 is 10.6 Å². The molecule has 0 saturated carbocycles. The van der Waals surface area contributed by atoms with E-state index in [2.05, 4.69) is 40.1 Å². The van der Waals surface area contributed by atoms with Crippen molar-refractivity contribution in [3.8, 4) is 0 Å². The predicted molar refractivity (Wildman–Crippen MR) is 89.8 cm³/mol. The minimum atomic E-state index is 0.714. The molecule has 1 aliphatic rings. The molecule has 2 N–H and O–H groups in total. The molecule has 2 aromatic rings. The molecule has 4 heteroatoms. The van der Waals surface area contributed by atoms with Crippen molar-refractivity contribution in [2.75, 3.05) is 36.8 Å². The zero-order chi connectivity index (χ0) is 14.7. The van der Waals surface area contributed by atoms with Gasteiger partial charge in [-0.3, -0.25) is 4.90 Å². The van der Waals surface area contributed by atoms with Crippen molar-refractivity contribution in [3.63, 3.8) is 0 Å². The monoisotopic (exact) mass is 301 g/mol. The fourth-order valence-electron chi connectivity index (χ4n) is 2.77. The molecule has 0 bridgehead atoms. The van der Waals surface area contributed by atoms with E-state index in [0.717, 1.165) is 43.4 Å². The van der Waals surface area contributed by atoms with E-state index < -0.39 is 0 Å². The number of piperazine rings is 1. The zero-order valence-electron chi connectivity index (χ0n) is 12.0. The molecule has 21 heavy (non-hydrogen) atoms. The molecule has 0 spiro atoms. The maximum atomic E-state index is 6.29. The Balaban J connectivity index is 1.60. The number of nitrogens with two attached hydrogens (primary N) is 1. The van der Waals surface area contributed by atoms with Crippen molar-refractivity contribution in [1.82, 2.24) is 4.90 Å². The van der Waals surface area contributed by atoms with Gasteiger partial charge in [0.2, 0.25) is 0 Å². The summed E-state index contributed by atoms with van der Waals surface area (Å²) in [5.41, 5.74) is 8.93. The fourth-order valence-corrected chi connectivity index (χ4v) is 3.08. The third kappa shape index (κ3) is 3.49. The summed E-state index contributed by atoms with van der Waals surface area (Å²) in [6.45, 7) is 5.11. The molecule has 2 aromatic carbocycles. The first-order chi connectivity index (χ1) is 10.2. The number of hydrogen-bond acceptors (Lipinski definition) is 3. The smallest absolute Gasteiger partial charge is 0.0660 e. The van der Waals surface area contributed by atoms with Crippen molar-refractivity contribution in [2.45, 2.75) is 6.54 Å². The molecule has 0 unspecified atom stereocenters. The fraction of sp³-hybridized carbons (Fsp3) is 0.294. The summed E-state index contributed by atoms with van der Waals surface area (Å²) < 4.78 is 0. The highest BCUT2D eigenvalue weighted by Crippen LogP contribution is 2.28. The van der Waals surface area contributed by atoms with Gasteiger partial charge in [-0.15, -0.1) is 0 Å². The predicted octanol–water partition coefficient (Wildman–Crippen LogP) is 3.24. The summed E-state index contributed by atoms with van der Waals surface area (Å²) in [4.78, 5) is 4.82. The van der Waals surface area contributed by atoms with Crippen LogP contribution in [0.3, 0.4) is 0 Å². The molecule has 0 atom stereocenters. The highest BCUT2D eigenvalue weighted by atomic mass is 35.5. The van der Waals surface area contributed by atoms with E-state index in [1.54, 1.807) is 0 Å². The van der Waals surface area contributed by atoms with Gasteiger partial charge in [-0.25, -0.2) is 0 Å². The van der Waals surface area contributed by atoms with Crippen LogP contribution in [0.1, 0.15) is 5.56 Å². The number of anilines is 2. The molecule has 1 heterocycles. The lowest BCUT2D eigenvalue weighted by Crippen LogP contribution is -2.46. The second-order valence-electron chi connectivity index (χ2n) is 5.46. The van der Waals surface area contributed by atoms with Crippen molar-refractivity contribution in [3.05, 3.63) is 59.1 Å². The molecule has 110 valence electrons. The van der Waals surface area contributed by atoms with Gasteiger partial charge in [0.1, 0.15) is 0 Å². The summed E-state index contributed by atoms with van der Waals surface area (Å²) >= 11 is 6.29. The van der Waals surface area contributed by atoms with Gasteiger partial charge in [-0.05, 0) is 23.8 Å². The first-order valence-electron chi connectivity index (χ1n) is 7.28. The Morgan fingerprint density at radius 1 is 0.952 bits per heavy atom. The molecule has 1 aliphatic heterocycles. The van der Waals surface area contributed by atoms with E-state index in [0.29, 0.717) is 5.69 Å². The standard InChI is InChI=1S/C17H20ClN3/c18-16-12-15(19)6-7-17(16)21-10-8-20(9-11-21)13-14-4-2-1-3-5-14/h1-7,12H,8-11,13,19H2. The van der Waals surface area contributed by atoms with Crippen LogP contribution >= 0.6 is 11.6 Å². The molecule has 0 amide bonds. The summed E-state index contributed by atoms with van der Waals surface area (Å²) in [6, 6.07) is 16.4. The zero-order valence-corrected chi connectivity index (χ0v) is 12.8. The SMILES string of the molecule is Nc1ccc(N2CCN(Cc3ccccc3)CC2)c(Cl)c1. The average molecular weight is 302 g/mol. The van der Waals surface area contributed by atoms with Gasteiger partial charge in [0.05, 0.1) is 10.7 Å². The normalized spacial score (nSPS) is 16.1. The summed E-state index contributed by atoms with van der Waals surface area (Å²) in [7, 11) is 0. The Morgan fingerprint density at radius 2 is 1.67 bits per heavy atom. The number of nitrogen functional groups attached to an aromatic ring is 1. The van der Waals surface area contributed by atoms with Crippen LogP contribution in [0.2, 0.25) is 5.02 Å². The van der Waals surface area contributed by atoms with E-state index in [1.807, 2.05) is 18.2 Å². The van der Waals surface area contributed by atoms with E-state index in [9.17, 15) is 0 Å². The second kappa shape index (κ2) is 6.37. The maximum Gasteiger partial charge on any atom is 0.0660 e. The van der Waals surface area contributed by atoms with E-state index in [-0.39, 0.29) is 0 Å². The van der Waals surface area contributed by atoms with Crippen LogP contribution in [0.15, 0.2) is 48.5 Å². The quantitative estimate of drug-likeness (QED) is 0.883. The topological polar surface area (TPSA) is 32.5 Å². The van der Waals surface area contributed by atoms with Gasteiger partial charge >= 0.3 is 0 Å². The first-order valence-corrected chi connectivity index (χ1v) is 7.66. The first kappa shape index (κ1) is 14.2. The van der Waals surface area contributed by atoms with Crippen LogP contribution < -0.4 is 10.6 Å². The minimum Gasteiger partial charge on any atom is -0.399 e. The molecule has 3 nitrogen and oxygen atoms in total. The van der Waals surface area contributed by atoms with Crippen LogP contribution in [-0.2, 0) is 6.54 Å². The van der Waals surface area contributed by atoms with Gasteiger partial charge in [0.15, 0.2) is 0 Å². The number of rotatable bonds is 3. The summed E-state index contributed by atoms with van der Waals surface area (Å²) in [5.74, 6) is 0. The molecular weight excluding hydrogens is 282 g/mol. The number of halogens is 1. The van der Waals surface area contributed by atoms with Crippen molar-refractivity contribution < 1.29 is 0 Å². The number of hydrogen-bond donors (Lipinski definition) is 1. The van der Waals surface area contributed by atoms with E-state index in [4.69, 9.17) is 17.3 Å². The van der Waals surface area contributed by atoms with Crippen molar-refractivity contribution in [1.29, 1.82) is 0 Å². The molecule has 0 aromatic heterocycles. The number of nitrogens with zero attached hydrogens (tertiary/aromatic N) is 2. The highest BCUT2D eigenvalue weighted by molar-refractivity contribution is 6.33. The van der Waals surface area contributed by atoms with Crippen LogP contribution in [0.5, 0.6) is 0 Å². The van der Waals surface area contributed by atoms with Gasteiger partial charge in [0, 0.05) is 38.4 Å². The van der Waals surface area contributed by atoms with Gasteiger partial charge in [-0.2, -0.15) is 0 Å². The average Bonchev–Trinajstić information content (AvgIpc) is 2.49. The van der Waals surface area contributed by atoms with Crippen molar-refractivity contribution >= 4 is 23.0 Å². The Kier molecular flexibility index (Phi) is 4.32. The lowest BCUT2D eigenvalue weighted by atomic mass is 10.2. The molecule has 1 fully saturated rings. The Hall–Kier alpha value is -1.71. The summed E-state index contributed by atoms with van der Waals surface area (Å²) in [5, 5.41) is 0.742. The van der Waals surface area contributed by atoms with Crippen LogP contribution in [0.25, 0.3) is 0 Å². The minimum absolute atomic E-state index is 0.714. The molecular formula is C17H20ClN3. The van der Waals surface area contributed by atoms with E-state index in [1.165, 1.54) is 5.56 Å². The van der Waals surface area contributed by atoms with Crippen molar-refractivity contribution in [2.24, 2.45) is 0 Å². The Bertz CT molecular complexity index is 592. The molecule has 0 radical (unpaired) electrons. The van der Waals surface area contributed by atoms with Crippen LogP contribution in [-0.4, -0.2) is 31.1 Å². The second-order valence-corrected chi connectivity index (χ2v) is 5.87. The lowest BCUT2D eigenvalue weighted by Gasteiger charge is -2.36. The molecule has 1 saturated heterocycles. The third-order valence-corrected chi connectivity index (χ3v) is 4.24. The highest BCUT2D eigenvalue weighted by Gasteiger charge is 2.18. The Morgan fingerprint density at radius 3 is 2.33 bits per heavy atom. The largest absolute Gasteiger partial charge is 0.399 e. The lowest BCUT2D eigenvalue weighted by molar-refractivity contribution is 0.250. The van der Waals surface area contributed by atoms with Gasteiger partial charge in [-0.1, -0.05) is 41.9 Å². The van der Waals surface area contributed by atoms with Crippen LogP contribution in [0.4, 0.5) is 11.4 Å². The number of benzene rings is 2. The third-order valence-electron chi connectivity index (χ3n) is 3.93. The molecule has 0 aliphatic carbocycles. The maximum absolute atomic E-state index is 6.29. The van der Waals surface area contributed by atoms with Crippen LogP contribution in [0, 0.1) is 0 Å². The Labute approximate surface area is 130 Å². The summed E-state index contributed by atoms with van der Waals surface area (Å²) in [6.07, 6.45) is 0. The van der Waals surface area contributed by atoms with E-state index >= 15 is 0 Å². The molecule has 3 rings (SSSR count). The van der Waals surface area contributed by atoms with Gasteiger partial charge in [0.25, 0.3) is 0 Å².